The number of amides is 1. The third-order valence-electron chi connectivity index (χ3n) is 4.28. The fraction of sp³-hybridized carbons (Fsp3) is 0.412. The Kier molecular flexibility index (Phi) is 4.73. The molecular formula is C17H21N3O2S. The summed E-state index contributed by atoms with van der Waals surface area (Å²) in [7, 11) is 0. The zero-order chi connectivity index (χ0) is 16.4. The summed E-state index contributed by atoms with van der Waals surface area (Å²) in [6.07, 6.45) is 3.98. The molecule has 1 atom stereocenters. The van der Waals surface area contributed by atoms with Crippen LogP contribution in [0.1, 0.15) is 17.5 Å². The first-order chi connectivity index (χ1) is 11.1. The number of hydrogen-bond donors (Lipinski definition) is 1. The topological polar surface area (TPSA) is 58.4 Å². The maximum Gasteiger partial charge on any atom is 0.233 e. The molecule has 0 spiro atoms. The molecule has 6 heteroatoms. The molecule has 122 valence electrons. The Morgan fingerprint density at radius 1 is 1.43 bits per heavy atom. The number of imidazole rings is 1. The van der Waals surface area contributed by atoms with E-state index in [4.69, 9.17) is 0 Å². The predicted octanol–water partition coefficient (Wildman–Crippen LogP) is 2.17. The van der Waals surface area contributed by atoms with Crippen LogP contribution in [-0.2, 0) is 4.79 Å². The zero-order valence-corrected chi connectivity index (χ0v) is 14.2. The van der Waals surface area contributed by atoms with E-state index in [-0.39, 0.29) is 12.0 Å². The SMILES string of the molecule is Cc1cccc(-n2ccnc2SCC(=O)N2CC[C@@H](O)C2)c1C. The average molecular weight is 331 g/mol. The number of thioether (sulfide) groups is 1. The van der Waals surface area contributed by atoms with E-state index in [0.717, 1.165) is 10.8 Å². The summed E-state index contributed by atoms with van der Waals surface area (Å²) in [6, 6.07) is 6.18. The molecule has 1 amide bonds. The highest BCUT2D eigenvalue weighted by Gasteiger charge is 2.24. The van der Waals surface area contributed by atoms with E-state index in [1.54, 1.807) is 11.1 Å². The lowest BCUT2D eigenvalue weighted by Crippen LogP contribution is -2.31. The largest absolute Gasteiger partial charge is 0.391 e. The Bertz CT molecular complexity index is 714. The van der Waals surface area contributed by atoms with E-state index in [2.05, 4.69) is 31.0 Å². The molecule has 0 saturated carbocycles. The van der Waals surface area contributed by atoms with Gasteiger partial charge >= 0.3 is 0 Å². The van der Waals surface area contributed by atoms with Crippen LogP contribution in [0.5, 0.6) is 0 Å². The highest BCUT2D eigenvalue weighted by molar-refractivity contribution is 7.99. The van der Waals surface area contributed by atoms with Crippen LogP contribution >= 0.6 is 11.8 Å². The van der Waals surface area contributed by atoms with Crippen LogP contribution in [0.4, 0.5) is 0 Å². The van der Waals surface area contributed by atoms with Crippen LogP contribution < -0.4 is 0 Å². The van der Waals surface area contributed by atoms with Crippen LogP contribution in [0, 0.1) is 13.8 Å². The molecule has 0 unspecified atom stereocenters. The predicted molar refractivity (Wildman–Crippen MR) is 91.0 cm³/mol. The molecule has 1 fully saturated rings. The van der Waals surface area contributed by atoms with Gasteiger partial charge in [0.15, 0.2) is 5.16 Å². The van der Waals surface area contributed by atoms with Crippen molar-refractivity contribution in [2.24, 2.45) is 0 Å². The monoisotopic (exact) mass is 331 g/mol. The highest BCUT2D eigenvalue weighted by Crippen LogP contribution is 2.24. The molecule has 3 rings (SSSR count). The number of nitrogens with zero attached hydrogens (tertiary/aromatic N) is 3. The van der Waals surface area contributed by atoms with Gasteiger partial charge in [-0.1, -0.05) is 23.9 Å². The Labute approximate surface area is 140 Å². The highest BCUT2D eigenvalue weighted by atomic mass is 32.2. The van der Waals surface area contributed by atoms with Crippen molar-refractivity contribution in [3.05, 3.63) is 41.7 Å². The molecule has 23 heavy (non-hydrogen) atoms. The molecule has 1 aliphatic rings. The van der Waals surface area contributed by atoms with Crippen LogP contribution in [0.15, 0.2) is 35.7 Å². The number of carbonyl (C=O) groups excluding carboxylic acids is 1. The van der Waals surface area contributed by atoms with E-state index < -0.39 is 0 Å². The second kappa shape index (κ2) is 6.76. The number of aliphatic hydroxyl groups excluding tert-OH is 1. The molecule has 2 aromatic rings. The van der Waals surface area contributed by atoms with E-state index in [0.29, 0.717) is 25.3 Å². The summed E-state index contributed by atoms with van der Waals surface area (Å²) in [5.41, 5.74) is 3.53. The van der Waals surface area contributed by atoms with E-state index >= 15 is 0 Å². The first-order valence-corrected chi connectivity index (χ1v) is 8.73. The summed E-state index contributed by atoms with van der Waals surface area (Å²) in [4.78, 5) is 18.3. The third kappa shape index (κ3) is 3.43. The Morgan fingerprint density at radius 2 is 2.26 bits per heavy atom. The zero-order valence-electron chi connectivity index (χ0n) is 13.4. The maximum atomic E-state index is 12.2. The van der Waals surface area contributed by atoms with Crippen molar-refractivity contribution in [2.75, 3.05) is 18.8 Å². The lowest BCUT2D eigenvalue weighted by molar-refractivity contribution is -0.127. The molecule has 0 bridgehead atoms. The van der Waals surface area contributed by atoms with E-state index in [9.17, 15) is 9.90 Å². The van der Waals surface area contributed by atoms with Gasteiger partial charge in [-0.2, -0.15) is 0 Å². The lowest BCUT2D eigenvalue weighted by atomic mass is 10.1. The quantitative estimate of drug-likeness (QED) is 0.873. The van der Waals surface area contributed by atoms with Crippen molar-refractivity contribution >= 4 is 17.7 Å². The number of β-amino-alcohol motifs (C(OH)–C–C–N with tert-alkyl or cyclic N) is 1. The van der Waals surface area contributed by atoms with Crippen LogP contribution in [-0.4, -0.2) is 50.4 Å². The molecule has 5 nitrogen and oxygen atoms in total. The minimum Gasteiger partial charge on any atom is -0.391 e. The van der Waals surface area contributed by atoms with Gasteiger partial charge in [0.2, 0.25) is 5.91 Å². The number of carbonyl (C=O) groups is 1. The summed E-state index contributed by atoms with van der Waals surface area (Å²) < 4.78 is 2.03. The van der Waals surface area contributed by atoms with Gasteiger partial charge in [0.05, 0.1) is 17.5 Å². The van der Waals surface area contributed by atoms with E-state index in [1.807, 2.05) is 16.8 Å². The summed E-state index contributed by atoms with van der Waals surface area (Å²) >= 11 is 1.44. The first kappa shape index (κ1) is 16.1. The fourth-order valence-electron chi connectivity index (χ4n) is 2.76. The van der Waals surface area contributed by atoms with Gasteiger partial charge < -0.3 is 10.0 Å². The van der Waals surface area contributed by atoms with E-state index in [1.165, 1.54) is 22.9 Å². The number of hydrogen-bond acceptors (Lipinski definition) is 4. The second-order valence-electron chi connectivity index (χ2n) is 5.87. The van der Waals surface area contributed by atoms with Crippen LogP contribution in [0.3, 0.4) is 0 Å². The first-order valence-electron chi connectivity index (χ1n) is 7.75. The third-order valence-corrected chi connectivity index (χ3v) is 5.23. The molecule has 1 N–H and O–H groups in total. The van der Waals surface area contributed by atoms with Gasteiger partial charge in [-0.25, -0.2) is 4.98 Å². The molecular weight excluding hydrogens is 310 g/mol. The number of aryl methyl sites for hydroxylation is 1. The number of aliphatic hydroxyl groups is 1. The Morgan fingerprint density at radius 3 is 3.00 bits per heavy atom. The summed E-state index contributed by atoms with van der Waals surface area (Å²) in [5, 5.41) is 10.3. The van der Waals surface area contributed by atoms with Gasteiger partial charge in [0.25, 0.3) is 0 Å². The summed E-state index contributed by atoms with van der Waals surface area (Å²) in [6.45, 7) is 5.28. The molecule has 1 aliphatic heterocycles. The molecule has 1 aromatic carbocycles. The minimum absolute atomic E-state index is 0.0575. The Balaban J connectivity index is 1.72. The van der Waals surface area contributed by atoms with Gasteiger partial charge in [-0.15, -0.1) is 0 Å². The van der Waals surface area contributed by atoms with Crippen molar-refractivity contribution in [1.29, 1.82) is 0 Å². The van der Waals surface area contributed by atoms with Gasteiger partial charge in [-0.3, -0.25) is 9.36 Å². The van der Waals surface area contributed by atoms with Crippen molar-refractivity contribution in [2.45, 2.75) is 31.5 Å². The number of rotatable bonds is 4. The Hall–Kier alpha value is -1.79. The number of likely N-dealkylation sites (tertiary alicyclic amines) is 1. The lowest BCUT2D eigenvalue weighted by Gasteiger charge is -2.16. The van der Waals surface area contributed by atoms with Crippen molar-refractivity contribution in [3.8, 4) is 5.69 Å². The second-order valence-corrected chi connectivity index (χ2v) is 6.81. The average Bonchev–Trinajstić information content (AvgIpc) is 3.16. The van der Waals surface area contributed by atoms with Crippen LogP contribution in [0.25, 0.3) is 5.69 Å². The molecule has 1 aromatic heterocycles. The van der Waals surface area contributed by atoms with Gasteiger partial charge in [0.1, 0.15) is 0 Å². The molecule has 0 aliphatic carbocycles. The van der Waals surface area contributed by atoms with Gasteiger partial charge in [-0.05, 0) is 37.5 Å². The van der Waals surface area contributed by atoms with Crippen molar-refractivity contribution < 1.29 is 9.90 Å². The summed E-state index contributed by atoms with van der Waals surface area (Å²) in [5.74, 6) is 0.399. The smallest absolute Gasteiger partial charge is 0.233 e. The van der Waals surface area contributed by atoms with Crippen LogP contribution in [0.2, 0.25) is 0 Å². The standard InChI is InChI=1S/C17H21N3O2S/c1-12-4-3-5-15(13(12)2)20-9-7-18-17(20)23-11-16(22)19-8-6-14(21)10-19/h3-5,7,9,14,21H,6,8,10-11H2,1-2H3/t14-/m1/s1. The minimum atomic E-state index is -0.374. The van der Waals surface area contributed by atoms with Gasteiger partial charge in [0, 0.05) is 25.5 Å². The normalized spacial score (nSPS) is 17.7. The molecule has 1 saturated heterocycles. The molecule has 2 heterocycles. The molecule has 0 radical (unpaired) electrons. The van der Waals surface area contributed by atoms with Crippen molar-refractivity contribution in [3.63, 3.8) is 0 Å². The number of benzene rings is 1. The maximum absolute atomic E-state index is 12.2. The number of aromatic nitrogens is 2. The van der Waals surface area contributed by atoms with Crippen molar-refractivity contribution in [1.82, 2.24) is 14.5 Å². The fourth-order valence-corrected chi connectivity index (χ4v) is 3.63.